The smallest absolute Gasteiger partial charge is 0.347 e. The maximum absolute atomic E-state index is 15.0. The molecule has 1 aromatic heterocycles. The number of esters is 1. The number of carbonyl (C=O) groups is 1. The third-order valence-corrected chi connectivity index (χ3v) is 4.20. The van der Waals surface area contributed by atoms with Crippen LogP contribution in [0.3, 0.4) is 0 Å². The van der Waals surface area contributed by atoms with Gasteiger partial charge in [-0.2, -0.15) is 9.78 Å². The molecule has 0 bridgehead atoms. The molecule has 0 radical (unpaired) electrons. The summed E-state index contributed by atoms with van der Waals surface area (Å²) >= 11 is 0. The van der Waals surface area contributed by atoms with Crippen molar-refractivity contribution < 1.29 is 28.9 Å². The van der Waals surface area contributed by atoms with Crippen LogP contribution in [0.5, 0.6) is 0 Å². The average Bonchev–Trinajstić information content (AvgIpc) is 2.73. The minimum atomic E-state index is -3.03. The van der Waals surface area contributed by atoms with E-state index in [2.05, 4.69) is 5.10 Å². The number of halogens is 1. The van der Waals surface area contributed by atoms with Gasteiger partial charge in [-0.15, -0.1) is 0 Å². The standard InChI is InChI=1S/C14H21FN4O7/c1-6(2)8(16)11(23)25-5-14(15)10(22)9(21)13(3,26-14)19-12(24)18-7(20)4-17-19/h4,6,8-10,21-22H,5,16H2,1-3H3,(H,18,20,24)/t8-,9+,10-,13+,14+/m0/s1. The van der Waals surface area contributed by atoms with Crippen LogP contribution in [-0.4, -0.2) is 61.7 Å². The zero-order valence-electron chi connectivity index (χ0n) is 14.4. The van der Waals surface area contributed by atoms with Crippen molar-refractivity contribution in [3.63, 3.8) is 0 Å². The van der Waals surface area contributed by atoms with Gasteiger partial charge in [-0.25, -0.2) is 9.18 Å². The molecule has 0 spiro atoms. The van der Waals surface area contributed by atoms with Crippen molar-refractivity contribution in [3.8, 4) is 0 Å². The highest BCUT2D eigenvalue weighted by Gasteiger charge is 2.63. The van der Waals surface area contributed by atoms with Gasteiger partial charge in [0.15, 0.2) is 12.3 Å². The van der Waals surface area contributed by atoms with Gasteiger partial charge in [0.2, 0.25) is 0 Å². The highest BCUT2D eigenvalue weighted by atomic mass is 19.2. The maximum Gasteiger partial charge on any atom is 0.347 e. The summed E-state index contributed by atoms with van der Waals surface area (Å²) in [5, 5.41) is 23.7. The van der Waals surface area contributed by atoms with Gasteiger partial charge >= 0.3 is 11.7 Å². The SMILES string of the molecule is CC(C)[C@H](N)C(=O)OC[C@@]1(F)O[C@@](C)(n2ncc(=O)[nH]c2=O)[C@H](O)[C@@H]1O. The highest BCUT2D eigenvalue weighted by Crippen LogP contribution is 2.41. The number of aliphatic hydroxyl groups excluding tert-OH is 2. The lowest BCUT2D eigenvalue weighted by molar-refractivity contribution is -0.248. The zero-order valence-corrected chi connectivity index (χ0v) is 14.4. The number of rotatable bonds is 5. The van der Waals surface area contributed by atoms with Gasteiger partial charge in [-0.3, -0.25) is 14.6 Å². The molecule has 1 saturated heterocycles. The summed E-state index contributed by atoms with van der Waals surface area (Å²) in [6.07, 6.45) is -3.41. The third kappa shape index (κ3) is 3.40. The quantitative estimate of drug-likeness (QED) is 0.407. The summed E-state index contributed by atoms with van der Waals surface area (Å²) in [5.74, 6) is -4.22. The Labute approximate surface area is 146 Å². The van der Waals surface area contributed by atoms with Crippen molar-refractivity contribution in [1.82, 2.24) is 14.8 Å². The van der Waals surface area contributed by atoms with Crippen molar-refractivity contribution >= 4 is 5.97 Å². The van der Waals surface area contributed by atoms with E-state index in [-0.39, 0.29) is 5.92 Å². The van der Waals surface area contributed by atoms with Gasteiger partial charge in [0.25, 0.3) is 11.4 Å². The summed E-state index contributed by atoms with van der Waals surface area (Å²) in [6.45, 7) is 3.33. The fourth-order valence-electron chi connectivity index (χ4n) is 2.48. The summed E-state index contributed by atoms with van der Waals surface area (Å²) in [5.41, 5.74) is 1.52. The monoisotopic (exact) mass is 376 g/mol. The number of nitrogens with zero attached hydrogens (tertiary/aromatic N) is 2. The van der Waals surface area contributed by atoms with Gasteiger partial charge in [-0.1, -0.05) is 13.8 Å². The normalized spacial score (nSPS) is 32.6. The van der Waals surface area contributed by atoms with Crippen molar-refractivity contribution in [2.24, 2.45) is 11.7 Å². The fourth-order valence-corrected chi connectivity index (χ4v) is 2.48. The van der Waals surface area contributed by atoms with E-state index in [0.29, 0.717) is 4.68 Å². The molecule has 1 aliphatic rings. The molecule has 0 aliphatic carbocycles. The van der Waals surface area contributed by atoms with Crippen LogP contribution in [0.4, 0.5) is 4.39 Å². The number of nitrogens with one attached hydrogen (secondary N) is 1. The number of hydrogen-bond donors (Lipinski definition) is 4. The third-order valence-electron chi connectivity index (χ3n) is 4.20. The molecule has 26 heavy (non-hydrogen) atoms. The molecule has 5 N–H and O–H groups in total. The molecular formula is C14H21FN4O7. The van der Waals surface area contributed by atoms with E-state index in [4.69, 9.17) is 15.2 Å². The number of aromatic nitrogens is 3. The van der Waals surface area contributed by atoms with Crippen LogP contribution >= 0.6 is 0 Å². The number of aliphatic hydroxyl groups is 2. The Hall–Kier alpha value is -2.15. The molecule has 5 atom stereocenters. The summed E-state index contributed by atoms with van der Waals surface area (Å²) in [7, 11) is 0. The molecule has 1 fully saturated rings. The predicted octanol–water partition coefficient (Wildman–Crippen LogP) is -2.45. The Morgan fingerprint density at radius 1 is 1.50 bits per heavy atom. The number of H-pyrrole nitrogens is 1. The number of carbonyl (C=O) groups excluding carboxylic acids is 1. The second-order valence-corrected chi connectivity index (χ2v) is 6.56. The first-order chi connectivity index (χ1) is 11.9. The van der Waals surface area contributed by atoms with Crippen molar-refractivity contribution in [2.45, 2.75) is 50.6 Å². The Kier molecular flexibility index (Phi) is 5.33. The molecule has 0 amide bonds. The summed E-state index contributed by atoms with van der Waals surface area (Å²) in [4.78, 5) is 36.6. The van der Waals surface area contributed by atoms with Crippen LogP contribution in [0.1, 0.15) is 20.8 Å². The lowest BCUT2D eigenvalue weighted by Crippen LogP contribution is -2.51. The minimum Gasteiger partial charge on any atom is -0.458 e. The van der Waals surface area contributed by atoms with Gasteiger partial charge in [0.05, 0.1) is 0 Å². The molecule has 146 valence electrons. The molecule has 2 rings (SSSR count). The summed E-state index contributed by atoms with van der Waals surface area (Å²) in [6, 6.07) is -1.02. The average molecular weight is 376 g/mol. The highest BCUT2D eigenvalue weighted by molar-refractivity contribution is 5.75. The van der Waals surface area contributed by atoms with E-state index in [1.807, 2.05) is 4.98 Å². The number of hydrogen-bond acceptors (Lipinski definition) is 9. The van der Waals surface area contributed by atoms with Crippen LogP contribution < -0.4 is 17.0 Å². The molecule has 1 aromatic rings. The van der Waals surface area contributed by atoms with Crippen molar-refractivity contribution in [3.05, 3.63) is 27.0 Å². The van der Waals surface area contributed by atoms with Crippen LogP contribution in [-0.2, 0) is 20.0 Å². The van der Waals surface area contributed by atoms with Gasteiger partial charge in [0, 0.05) is 0 Å². The van der Waals surface area contributed by atoms with Crippen LogP contribution in [0.2, 0.25) is 0 Å². The molecule has 0 unspecified atom stereocenters. The van der Waals surface area contributed by atoms with Crippen molar-refractivity contribution in [1.29, 1.82) is 0 Å². The van der Waals surface area contributed by atoms with E-state index >= 15 is 4.39 Å². The minimum absolute atomic E-state index is 0.271. The number of aromatic amines is 1. The topological polar surface area (TPSA) is 170 Å². The van der Waals surface area contributed by atoms with Crippen molar-refractivity contribution in [2.75, 3.05) is 6.61 Å². The molecular weight excluding hydrogens is 355 g/mol. The fraction of sp³-hybridized carbons (Fsp3) is 0.714. The Morgan fingerprint density at radius 3 is 2.65 bits per heavy atom. The zero-order chi connectivity index (χ0) is 19.9. The van der Waals surface area contributed by atoms with Gasteiger partial charge < -0.3 is 25.4 Å². The van der Waals surface area contributed by atoms with Crippen LogP contribution in [0.25, 0.3) is 0 Å². The Morgan fingerprint density at radius 2 is 2.12 bits per heavy atom. The second kappa shape index (κ2) is 6.87. The molecule has 1 aliphatic heterocycles. The molecule has 0 aromatic carbocycles. The molecule has 11 nitrogen and oxygen atoms in total. The maximum atomic E-state index is 15.0. The first-order valence-electron chi connectivity index (χ1n) is 7.79. The van der Waals surface area contributed by atoms with Crippen LogP contribution in [0.15, 0.2) is 15.8 Å². The Balaban J connectivity index is 2.26. The van der Waals surface area contributed by atoms with E-state index in [1.54, 1.807) is 13.8 Å². The van der Waals surface area contributed by atoms with Crippen LogP contribution in [0, 0.1) is 5.92 Å². The van der Waals surface area contributed by atoms with E-state index in [0.717, 1.165) is 13.1 Å². The van der Waals surface area contributed by atoms with Gasteiger partial charge in [-0.05, 0) is 12.8 Å². The number of alkyl halides is 1. The van der Waals surface area contributed by atoms with E-state index in [9.17, 15) is 24.6 Å². The summed E-state index contributed by atoms with van der Waals surface area (Å²) < 4.78 is 25.3. The lowest BCUT2D eigenvalue weighted by Gasteiger charge is -2.28. The molecule has 2 heterocycles. The van der Waals surface area contributed by atoms with E-state index < -0.39 is 53.7 Å². The number of ether oxygens (including phenoxy) is 2. The molecule has 0 saturated carbocycles. The first kappa shape index (κ1) is 20.2. The second-order valence-electron chi connectivity index (χ2n) is 6.56. The largest absolute Gasteiger partial charge is 0.458 e. The number of nitrogens with two attached hydrogens (primary N) is 1. The Bertz CT molecular complexity index is 796. The lowest BCUT2D eigenvalue weighted by atomic mass is 10.0. The van der Waals surface area contributed by atoms with Gasteiger partial charge in [0.1, 0.15) is 24.4 Å². The van der Waals surface area contributed by atoms with E-state index in [1.165, 1.54) is 0 Å². The first-order valence-corrected chi connectivity index (χ1v) is 7.79. The predicted molar refractivity (Wildman–Crippen MR) is 83.5 cm³/mol. The molecule has 12 heteroatoms.